The van der Waals surface area contributed by atoms with Gasteiger partial charge < -0.3 is 25.6 Å². The Morgan fingerprint density at radius 2 is 1.69 bits per heavy atom. The van der Waals surface area contributed by atoms with Crippen LogP contribution in [-0.2, 0) is 27.2 Å². The monoisotopic (exact) mass is 534 g/mol. The van der Waals surface area contributed by atoms with E-state index in [0.29, 0.717) is 51.4 Å². The molecule has 0 radical (unpaired) electrons. The SMILES string of the molecule is CC(C)C[C@@H]1NCCOc2ccccc2CCCNC(=O)[C@H](Cc2ccccc2)NC(=O)[C@H]2CCCN2C1=O. The average Bonchev–Trinajstić information content (AvgIpc) is 3.43. The Balaban J connectivity index is 1.57. The van der Waals surface area contributed by atoms with E-state index in [-0.39, 0.29) is 17.7 Å². The molecule has 0 bridgehead atoms. The van der Waals surface area contributed by atoms with Crippen LogP contribution in [0, 0.1) is 5.92 Å². The summed E-state index contributed by atoms with van der Waals surface area (Å²) in [5.74, 6) is 0.589. The van der Waals surface area contributed by atoms with Gasteiger partial charge in [-0.1, -0.05) is 62.4 Å². The van der Waals surface area contributed by atoms with Gasteiger partial charge >= 0.3 is 0 Å². The highest BCUT2D eigenvalue weighted by atomic mass is 16.5. The van der Waals surface area contributed by atoms with Crippen molar-refractivity contribution in [3.05, 3.63) is 65.7 Å². The first-order valence-electron chi connectivity index (χ1n) is 14.3. The highest BCUT2D eigenvalue weighted by molar-refractivity contribution is 5.93. The number of benzene rings is 2. The molecule has 3 amide bonds. The normalized spacial score (nSPS) is 23.6. The number of hydrogen-bond acceptors (Lipinski definition) is 5. The summed E-state index contributed by atoms with van der Waals surface area (Å²) in [7, 11) is 0. The fourth-order valence-electron chi connectivity index (χ4n) is 5.43. The number of hydrogen-bond donors (Lipinski definition) is 3. The quantitative estimate of drug-likeness (QED) is 0.560. The third-order valence-electron chi connectivity index (χ3n) is 7.40. The number of amides is 3. The van der Waals surface area contributed by atoms with E-state index in [9.17, 15) is 14.4 Å². The zero-order chi connectivity index (χ0) is 27.6. The largest absolute Gasteiger partial charge is 0.492 e. The second kappa shape index (κ2) is 14.1. The molecule has 3 N–H and O–H groups in total. The number of carbonyl (C=O) groups excluding carboxylic acids is 3. The van der Waals surface area contributed by atoms with Crippen molar-refractivity contribution in [1.82, 2.24) is 20.9 Å². The third kappa shape index (κ3) is 8.05. The van der Waals surface area contributed by atoms with Gasteiger partial charge in [-0.25, -0.2) is 0 Å². The van der Waals surface area contributed by atoms with Crippen molar-refractivity contribution in [2.75, 3.05) is 26.2 Å². The molecule has 2 aromatic carbocycles. The number of rotatable bonds is 4. The van der Waals surface area contributed by atoms with Crippen LogP contribution in [0.15, 0.2) is 54.6 Å². The van der Waals surface area contributed by atoms with E-state index in [1.165, 1.54) is 0 Å². The molecule has 8 heteroatoms. The Labute approximate surface area is 231 Å². The van der Waals surface area contributed by atoms with E-state index in [1.807, 2.05) is 54.6 Å². The van der Waals surface area contributed by atoms with Crippen molar-refractivity contribution in [1.29, 1.82) is 0 Å². The van der Waals surface area contributed by atoms with Gasteiger partial charge in [0.15, 0.2) is 0 Å². The van der Waals surface area contributed by atoms with Crippen molar-refractivity contribution < 1.29 is 19.1 Å². The van der Waals surface area contributed by atoms with E-state index in [2.05, 4.69) is 29.8 Å². The maximum absolute atomic E-state index is 13.7. The van der Waals surface area contributed by atoms with Crippen molar-refractivity contribution in [2.24, 2.45) is 5.92 Å². The molecule has 0 spiro atoms. The fourth-order valence-corrected chi connectivity index (χ4v) is 5.43. The van der Waals surface area contributed by atoms with Gasteiger partial charge in [0.2, 0.25) is 17.7 Å². The molecular formula is C31H42N4O4. The second-order valence-corrected chi connectivity index (χ2v) is 10.9. The van der Waals surface area contributed by atoms with Gasteiger partial charge in [0.25, 0.3) is 0 Å². The van der Waals surface area contributed by atoms with Crippen molar-refractivity contribution in [3.8, 4) is 5.75 Å². The minimum absolute atomic E-state index is 0.0630. The molecule has 0 aliphatic carbocycles. The topological polar surface area (TPSA) is 99.8 Å². The molecule has 0 aromatic heterocycles. The van der Waals surface area contributed by atoms with Crippen LogP contribution in [-0.4, -0.2) is 67.0 Å². The molecule has 2 aliphatic heterocycles. The van der Waals surface area contributed by atoms with E-state index in [4.69, 9.17) is 4.74 Å². The zero-order valence-electron chi connectivity index (χ0n) is 23.2. The molecule has 39 heavy (non-hydrogen) atoms. The Hall–Kier alpha value is -3.39. The van der Waals surface area contributed by atoms with Gasteiger partial charge in [0.05, 0.1) is 6.04 Å². The number of para-hydroxylation sites is 1. The molecule has 4 rings (SSSR count). The van der Waals surface area contributed by atoms with Crippen LogP contribution in [0.5, 0.6) is 5.75 Å². The second-order valence-electron chi connectivity index (χ2n) is 10.9. The van der Waals surface area contributed by atoms with E-state index in [0.717, 1.165) is 36.1 Å². The highest BCUT2D eigenvalue weighted by Gasteiger charge is 2.38. The predicted octanol–water partition coefficient (Wildman–Crippen LogP) is 2.85. The van der Waals surface area contributed by atoms with E-state index in [1.54, 1.807) is 4.90 Å². The summed E-state index contributed by atoms with van der Waals surface area (Å²) in [4.78, 5) is 42.2. The summed E-state index contributed by atoms with van der Waals surface area (Å²) >= 11 is 0. The Kier molecular flexibility index (Phi) is 10.4. The van der Waals surface area contributed by atoms with Crippen LogP contribution in [0.1, 0.15) is 50.7 Å². The third-order valence-corrected chi connectivity index (χ3v) is 7.40. The van der Waals surface area contributed by atoms with Gasteiger partial charge in [-0.15, -0.1) is 0 Å². The summed E-state index contributed by atoms with van der Waals surface area (Å²) in [5, 5.41) is 9.42. The van der Waals surface area contributed by atoms with Crippen molar-refractivity contribution >= 4 is 17.7 Å². The van der Waals surface area contributed by atoms with Gasteiger partial charge in [-0.2, -0.15) is 0 Å². The molecule has 0 saturated carbocycles. The number of nitrogens with zero attached hydrogens (tertiary/aromatic N) is 1. The summed E-state index contributed by atoms with van der Waals surface area (Å²) in [6, 6.07) is 15.9. The number of ether oxygens (including phenoxy) is 1. The Morgan fingerprint density at radius 3 is 2.49 bits per heavy atom. The van der Waals surface area contributed by atoms with Gasteiger partial charge in [-0.3, -0.25) is 14.4 Å². The Bertz CT molecular complexity index is 1110. The average molecular weight is 535 g/mol. The molecule has 1 saturated heterocycles. The standard InChI is InChI=1S/C31H42N4O4/c1-22(2)20-26-31(38)35-18-9-14-27(35)30(37)34-25(21-23-10-4-3-5-11-23)29(36)33-16-8-13-24-12-6-7-15-28(24)39-19-17-32-26/h3-7,10-12,15,22,25-27,32H,8-9,13-14,16-21H2,1-2H3,(H,33,36)(H,34,37)/t25-,26-,27+/m0/s1. The lowest BCUT2D eigenvalue weighted by Crippen LogP contribution is -2.56. The number of fused-ring (bicyclic) bond motifs is 2. The molecule has 210 valence electrons. The highest BCUT2D eigenvalue weighted by Crippen LogP contribution is 2.22. The predicted molar refractivity (Wildman–Crippen MR) is 151 cm³/mol. The maximum Gasteiger partial charge on any atom is 0.243 e. The number of aryl methyl sites for hydroxylation is 1. The summed E-state index contributed by atoms with van der Waals surface area (Å²) in [6.45, 7) is 6.16. The van der Waals surface area contributed by atoms with Crippen LogP contribution in [0.4, 0.5) is 0 Å². The van der Waals surface area contributed by atoms with Crippen LogP contribution in [0.2, 0.25) is 0 Å². The lowest BCUT2D eigenvalue weighted by atomic mass is 10.0. The maximum atomic E-state index is 13.7. The summed E-state index contributed by atoms with van der Waals surface area (Å²) in [6.07, 6.45) is 3.90. The first-order valence-corrected chi connectivity index (χ1v) is 14.3. The molecule has 2 aliphatic rings. The molecule has 8 nitrogen and oxygen atoms in total. The van der Waals surface area contributed by atoms with Crippen LogP contribution in [0.3, 0.4) is 0 Å². The first kappa shape index (κ1) is 28.6. The molecule has 1 fully saturated rings. The van der Waals surface area contributed by atoms with Gasteiger partial charge in [0.1, 0.15) is 24.4 Å². The molecule has 0 unspecified atom stereocenters. The summed E-state index contributed by atoms with van der Waals surface area (Å²) < 4.78 is 6.09. The summed E-state index contributed by atoms with van der Waals surface area (Å²) in [5.41, 5.74) is 2.04. The lowest BCUT2D eigenvalue weighted by molar-refractivity contribution is -0.141. The minimum atomic E-state index is -0.725. The fraction of sp³-hybridized carbons (Fsp3) is 0.516. The van der Waals surface area contributed by atoms with Gasteiger partial charge in [0, 0.05) is 26.1 Å². The van der Waals surface area contributed by atoms with E-state index < -0.39 is 18.1 Å². The van der Waals surface area contributed by atoms with E-state index >= 15 is 0 Å². The number of nitrogens with one attached hydrogen (secondary N) is 3. The van der Waals surface area contributed by atoms with Crippen LogP contribution < -0.4 is 20.7 Å². The molecular weight excluding hydrogens is 492 g/mol. The zero-order valence-corrected chi connectivity index (χ0v) is 23.2. The molecule has 2 heterocycles. The lowest BCUT2D eigenvalue weighted by Gasteiger charge is -2.30. The van der Waals surface area contributed by atoms with Crippen molar-refractivity contribution in [2.45, 2.75) is 70.5 Å². The van der Waals surface area contributed by atoms with Crippen LogP contribution in [0.25, 0.3) is 0 Å². The van der Waals surface area contributed by atoms with Gasteiger partial charge in [-0.05, 0) is 55.2 Å². The molecule has 2 aromatic rings. The molecule has 3 atom stereocenters. The number of carbonyl (C=O) groups is 3. The smallest absolute Gasteiger partial charge is 0.243 e. The van der Waals surface area contributed by atoms with Crippen molar-refractivity contribution in [3.63, 3.8) is 0 Å². The minimum Gasteiger partial charge on any atom is -0.492 e. The first-order chi connectivity index (χ1) is 18.9. The Morgan fingerprint density at radius 1 is 0.923 bits per heavy atom. The van der Waals surface area contributed by atoms with Crippen LogP contribution >= 0.6 is 0 Å².